The van der Waals surface area contributed by atoms with E-state index in [9.17, 15) is 9.59 Å². The van der Waals surface area contributed by atoms with Crippen molar-refractivity contribution in [2.45, 2.75) is 6.92 Å². The summed E-state index contributed by atoms with van der Waals surface area (Å²) in [6.07, 6.45) is 1.71. The third kappa shape index (κ3) is 5.13. The van der Waals surface area contributed by atoms with Crippen LogP contribution >= 0.6 is 35.6 Å². The van der Waals surface area contributed by atoms with Gasteiger partial charge in [-0.2, -0.15) is 0 Å². The van der Waals surface area contributed by atoms with Crippen molar-refractivity contribution >= 4 is 63.5 Å². The number of nitrogens with zero attached hydrogens (tertiary/aromatic N) is 1. The van der Waals surface area contributed by atoms with Gasteiger partial charge in [-0.25, -0.2) is 4.79 Å². The summed E-state index contributed by atoms with van der Waals surface area (Å²) in [5, 5.41) is 0.577. The van der Waals surface area contributed by atoms with Gasteiger partial charge in [0.2, 0.25) is 0 Å². The van der Waals surface area contributed by atoms with E-state index < -0.39 is 5.97 Å². The molecule has 1 heterocycles. The van der Waals surface area contributed by atoms with E-state index in [-0.39, 0.29) is 19.1 Å². The maximum atomic E-state index is 12.9. The highest BCUT2D eigenvalue weighted by Crippen LogP contribution is 2.37. The molecule has 0 unspecified atom stereocenters. The van der Waals surface area contributed by atoms with Crippen LogP contribution in [0.5, 0.6) is 11.5 Å². The lowest BCUT2D eigenvalue weighted by molar-refractivity contribution is -0.145. The van der Waals surface area contributed by atoms with Crippen LogP contribution in [0, 0.1) is 0 Å². The molecule has 2 aromatic carbocycles. The van der Waals surface area contributed by atoms with Crippen molar-refractivity contribution in [1.29, 1.82) is 0 Å². The molecule has 0 aliphatic carbocycles. The van der Waals surface area contributed by atoms with Crippen molar-refractivity contribution in [3.05, 3.63) is 58.0 Å². The zero-order valence-corrected chi connectivity index (χ0v) is 18.6. The number of anilines is 1. The highest BCUT2D eigenvalue weighted by atomic mass is 35.5. The Morgan fingerprint density at radius 2 is 1.93 bits per heavy atom. The number of halogens is 1. The van der Waals surface area contributed by atoms with E-state index in [0.29, 0.717) is 37.0 Å². The third-order valence-corrected chi connectivity index (χ3v) is 5.57. The van der Waals surface area contributed by atoms with Crippen molar-refractivity contribution in [2.24, 2.45) is 0 Å². The fourth-order valence-electron chi connectivity index (χ4n) is 2.67. The first kappa shape index (κ1) is 22.1. The summed E-state index contributed by atoms with van der Waals surface area (Å²) in [7, 11) is 1.50. The van der Waals surface area contributed by atoms with Crippen LogP contribution in [0.1, 0.15) is 12.5 Å². The second-order valence-electron chi connectivity index (χ2n) is 6.00. The van der Waals surface area contributed by atoms with Gasteiger partial charge in [0.1, 0.15) is 0 Å². The van der Waals surface area contributed by atoms with E-state index in [2.05, 4.69) is 0 Å². The van der Waals surface area contributed by atoms with Crippen LogP contribution in [0.25, 0.3) is 6.08 Å². The second-order valence-corrected chi connectivity index (χ2v) is 8.11. The highest BCUT2D eigenvalue weighted by Gasteiger charge is 2.33. The zero-order chi connectivity index (χ0) is 21.7. The average Bonchev–Trinajstić information content (AvgIpc) is 3.00. The topological polar surface area (TPSA) is 65.1 Å². The number of hydrogen-bond donors (Lipinski definition) is 0. The largest absolute Gasteiger partial charge is 0.493 e. The number of rotatable bonds is 7. The van der Waals surface area contributed by atoms with Gasteiger partial charge in [0, 0.05) is 5.02 Å². The number of benzene rings is 2. The van der Waals surface area contributed by atoms with Crippen LogP contribution in [-0.2, 0) is 14.3 Å². The van der Waals surface area contributed by atoms with Gasteiger partial charge >= 0.3 is 5.97 Å². The molecule has 0 atom stereocenters. The standard InChI is InChI=1S/C21H18ClNO5S2/c1-3-27-19(24)12-28-17-10-13(4-9-16(17)26-2)11-18-20(25)23(21(29)30-18)15-7-5-14(22)6-8-15/h4-11H,3,12H2,1-2H3/b18-11+. The van der Waals surface area contributed by atoms with Gasteiger partial charge in [0.05, 0.1) is 24.3 Å². The average molecular weight is 464 g/mol. The van der Waals surface area contributed by atoms with E-state index in [1.54, 1.807) is 55.5 Å². The SMILES string of the molecule is CCOC(=O)COc1cc(/C=C2/SC(=S)N(c3ccc(Cl)cc3)C2=O)ccc1OC. The van der Waals surface area contributed by atoms with Crippen LogP contribution in [0.15, 0.2) is 47.4 Å². The zero-order valence-electron chi connectivity index (χ0n) is 16.2. The van der Waals surface area contributed by atoms with Gasteiger partial charge in [-0.1, -0.05) is 41.6 Å². The Labute approximate surface area is 188 Å². The second kappa shape index (κ2) is 9.97. The molecular formula is C21H18ClNO5S2. The maximum Gasteiger partial charge on any atom is 0.344 e. The molecule has 3 rings (SSSR count). The van der Waals surface area contributed by atoms with E-state index >= 15 is 0 Å². The smallest absolute Gasteiger partial charge is 0.344 e. The summed E-state index contributed by atoms with van der Waals surface area (Å²) in [5.41, 5.74) is 1.35. The van der Waals surface area contributed by atoms with Crippen molar-refractivity contribution in [3.63, 3.8) is 0 Å². The molecule has 0 bridgehead atoms. The molecule has 0 spiro atoms. The van der Waals surface area contributed by atoms with Crippen molar-refractivity contribution in [3.8, 4) is 11.5 Å². The summed E-state index contributed by atoms with van der Waals surface area (Å²) in [6, 6.07) is 12.1. The summed E-state index contributed by atoms with van der Waals surface area (Å²) in [6.45, 7) is 1.75. The number of carbonyl (C=O) groups is 2. The minimum absolute atomic E-state index is 0.225. The lowest BCUT2D eigenvalue weighted by Crippen LogP contribution is -2.27. The Balaban J connectivity index is 1.83. The fourth-order valence-corrected chi connectivity index (χ4v) is 4.09. The molecule has 2 aromatic rings. The van der Waals surface area contributed by atoms with Crippen LogP contribution < -0.4 is 14.4 Å². The van der Waals surface area contributed by atoms with Crippen molar-refractivity contribution < 1.29 is 23.8 Å². The van der Waals surface area contributed by atoms with Gasteiger partial charge in [-0.05, 0) is 55.0 Å². The Bertz CT molecular complexity index is 1010. The van der Waals surface area contributed by atoms with E-state index in [0.717, 1.165) is 0 Å². The lowest BCUT2D eigenvalue weighted by atomic mass is 10.2. The highest BCUT2D eigenvalue weighted by molar-refractivity contribution is 8.27. The number of carbonyl (C=O) groups excluding carboxylic acids is 2. The molecule has 30 heavy (non-hydrogen) atoms. The van der Waals surface area contributed by atoms with Gasteiger partial charge in [-0.3, -0.25) is 9.69 Å². The summed E-state index contributed by atoms with van der Waals surface area (Å²) >= 11 is 12.5. The molecule has 156 valence electrons. The lowest BCUT2D eigenvalue weighted by Gasteiger charge is -2.14. The molecule has 0 saturated carbocycles. The van der Waals surface area contributed by atoms with Crippen molar-refractivity contribution in [1.82, 2.24) is 0 Å². The molecule has 1 aliphatic rings. The molecule has 1 saturated heterocycles. The molecule has 0 aromatic heterocycles. The number of thioether (sulfide) groups is 1. The Morgan fingerprint density at radius 3 is 2.60 bits per heavy atom. The molecule has 0 N–H and O–H groups in total. The molecule has 1 aliphatic heterocycles. The Morgan fingerprint density at radius 1 is 1.20 bits per heavy atom. The number of hydrogen-bond acceptors (Lipinski definition) is 7. The van der Waals surface area contributed by atoms with Gasteiger partial charge < -0.3 is 14.2 Å². The first-order valence-corrected chi connectivity index (χ1v) is 10.5. The fraction of sp³-hybridized carbons (Fsp3) is 0.190. The summed E-state index contributed by atoms with van der Waals surface area (Å²) < 4.78 is 16.1. The predicted octanol–water partition coefficient (Wildman–Crippen LogP) is 4.70. The Kier molecular flexibility index (Phi) is 7.36. The summed E-state index contributed by atoms with van der Waals surface area (Å²) in [5.74, 6) is 0.128. The number of methoxy groups -OCH3 is 1. The Hall–Kier alpha value is -2.55. The quantitative estimate of drug-likeness (QED) is 0.335. The normalized spacial score (nSPS) is 14.9. The monoisotopic (exact) mass is 463 g/mol. The molecule has 9 heteroatoms. The molecule has 1 amide bonds. The van der Waals surface area contributed by atoms with E-state index in [1.807, 2.05) is 0 Å². The van der Waals surface area contributed by atoms with Gasteiger partial charge in [0.15, 0.2) is 22.4 Å². The first-order chi connectivity index (χ1) is 14.4. The summed E-state index contributed by atoms with van der Waals surface area (Å²) in [4.78, 5) is 26.4. The number of ether oxygens (including phenoxy) is 3. The van der Waals surface area contributed by atoms with Crippen LogP contribution in [0.3, 0.4) is 0 Å². The third-order valence-electron chi connectivity index (χ3n) is 4.01. The van der Waals surface area contributed by atoms with Crippen LogP contribution in [-0.4, -0.2) is 36.5 Å². The minimum Gasteiger partial charge on any atom is -0.493 e. The van der Waals surface area contributed by atoms with Crippen molar-refractivity contribution in [2.75, 3.05) is 25.2 Å². The first-order valence-electron chi connectivity index (χ1n) is 8.93. The van der Waals surface area contributed by atoms with E-state index in [4.69, 9.17) is 38.0 Å². The maximum absolute atomic E-state index is 12.9. The number of amides is 1. The molecule has 6 nitrogen and oxygen atoms in total. The molecule has 0 radical (unpaired) electrons. The van der Waals surface area contributed by atoms with E-state index in [1.165, 1.54) is 23.8 Å². The van der Waals surface area contributed by atoms with Crippen LogP contribution in [0.4, 0.5) is 5.69 Å². The van der Waals surface area contributed by atoms with Crippen LogP contribution in [0.2, 0.25) is 5.02 Å². The predicted molar refractivity (Wildman–Crippen MR) is 122 cm³/mol. The molecular weight excluding hydrogens is 446 g/mol. The van der Waals surface area contributed by atoms with Gasteiger partial charge in [-0.15, -0.1) is 0 Å². The number of thiocarbonyl (C=S) groups is 1. The van der Waals surface area contributed by atoms with Gasteiger partial charge in [0.25, 0.3) is 5.91 Å². The minimum atomic E-state index is -0.478. The molecule has 1 fully saturated rings. The number of esters is 1.